The largest absolute Gasteiger partial charge is 0.351 e. The lowest BCUT2D eigenvalue weighted by Gasteiger charge is -2.35. The summed E-state index contributed by atoms with van der Waals surface area (Å²) in [6.45, 7) is 0.263. The Hall–Kier alpha value is -2.89. The molecule has 0 spiro atoms. The van der Waals surface area contributed by atoms with Gasteiger partial charge in [0.1, 0.15) is 11.6 Å². The van der Waals surface area contributed by atoms with E-state index in [2.05, 4.69) is 22.9 Å². The molecule has 0 radical (unpaired) electrons. The van der Waals surface area contributed by atoms with Crippen molar-refractivity contribution in [3.05, 3.63) is 65.9 Å². The molecule has 3 aromatic rings. The Morgan fingerprint density at radius 3 is 2.57 bits per heavy atom. The number of carbonyl (C=O) groups is 1. The highest BCUT2D eigenvalue weighted by Crippen LogP contribution is 2.45. The summed E-state index contributed by atoms with van der Waals surface area (Å²) in [6, 6.07) is 10.6. The molecule has 1 heterocycles. The molecule has 0 unspecified atom stereocenters. The number of hydrogen-bond donors (Lipinski definition) is 1. The first-order valence-corrected chi connectivity index (χ1v) is 9.48. The number of halogens is 2. The molecule has 4 rings (SSSR count). The highest BCUT2D eigenvalue weighted by atomic mass is 19.1. The fourth-order valence-corrected chi connectivity index (χ4v) is 4.61. The number of para-hydroxylation sites is 1. The first-order valence-electron chi connectivity index (χ1n) is 9.48. The molecule has 2 amide bonds. The van der Waals surface area contributed by atoms with Crippen LogP contribution in [-0.4, -0.2) is 17.1 Å². The average molecular weight is 383 g/mol. The van der Waals surface area contributed by atoms with Gasteiger partial charge in [0.2, 0.25) is 0 Å². The van der Waals surface area contributed by atoms with Gasteiger partial charge in [-0.1, -0.05) is 31.0 Å². The quantitative estimate of drug-likeness (QED) is 0.688. The highest BCUT2D eigenvalue weighted by molar-refractivity contribution is 5.91. The van der Waals surface area contributed by atoms with Crippen LogP contribution in [0.4, 0.5) is 19.3 Å². The number of nitrogens with zero attached hydrogens (tertiary/aromatic N) is 2. The number of rotatable bonds is 4. The van der Waals surface area contributed by atoms with Gasteiger partial charge in [0.15, 0.2) is 0 Å². The molecule has 1 fully saturated rings. The number of fused-ring (bicyclic) bond motifs is 1. The molecule has 0 bridgehead atoms. The number of aryl methyl sites for hydroxylation is 1. The molecule has 1 aromatic heterocycles. The van der Waals surface area contributed by atoms with Crippen LogP contribution in [0.2, 0.25) is 0 Å². The molecule has 2 N–H and O–H groups in total. The van der Waals surface area contributed by atoms with Crippen molar-refractivity contribution < 1.29 is 13.6 Å². The van der Waals surface area contributed by atoms with Gasteiger partial charge < -0.3 is 10.3 Å². The molecule has 0 atom stereocenters. The predicted octanol–water partition coefficient (Wildman–Crippen LogP) is 4.85. The van der Waals surface area contributed by atoms with Crippen molar-refractivity contribution in [1.29, 1.82) is 0 Å². The summed E-state index contributed by atoms with van der Waals surface area (Å²) in [5.41, 5.74) is 7.58. The van der Waals surface area contributed by atoms with Crippen molar-refractivity contribution in [2.24, 2.45) is 12.8 Å². The molecule has 0 aliphatic heterocycles. The number of aromatic nitrogens is 1. The maximum absolute atomic E-state index is 14.4. The second-order valence-corrected chi connectivity index (χ2v) is 7.68. The third-order valence-electron chi connectivity index (χ3n) is 5.96. The Morgan fingerprint density at radius 2 is 1.89 bits per heavy atom. The van der Waals surface area contributed by atoms with E-state index < -0.39 is 17.7 Å². The number of nitrogens with two attached hydrogens (primary N) is 1. The van der Waals surface area contributed by atoms with E-state index in [0.29, 0.717) is 0 Å². The zero-order valence-corrected chi connectivity index (χ0v) is 15.8. The number of amides is 2. The maximum Gasteiger partial charge on any atom is 0.319 e. The number of benzene rings is 2. The summed E-state index contributed by atoms with van der Waals surface area (Å²) in [5.74, 6) is -1.47. The van der Waals surface area contributed by atoms with Gasteiger partial charge in [-0.25, -0.2) is 13.6 Å². The SMILES string of the molecule is Cn1cc(C2(CN(C(N)=O)c3ccc(F)cc3F)CCCC2)c2ccccc21. The summed E-state index contributed by atoms with van der Waals surface area (Å²) < 4.78 is 29.9. The van der Waals surface area contributed by atoms with Crippen LogP contribution in [-0.2, 0) is 12.5 Å². The van der Waals surface area contributed by atoms with Crippen LogP contribution in [0.1, 0.15) is 31.2 Å². The minimum Gasteiger partial charge on any atom is -0.351 e. The van der Waals surface area contributed by atoms with E-state index in [1.54, 1.807) is 0 Å². The molecule has 28 heavy (non-hydrogen) atoms. The van der Waals surface area contributed by atoms with Gasteiger partial charge in [-0.2, -0.15) is 0 Å². The van der Waals surface area contributed by atoms with E-state index in [1.165, 1.54) is 11.0 Å². The van der Waals surface area contributed by atoms with Crippen molar-refractivity contribution >= 4 is 22.6 Å². The molecule has 2 aromatic carbocycles. The smallest absolute Gasteiger partial charge is 0.319 e. The minimum absolute atomic E-state index is 0.0143. The summed E-state index contributed by atoms with van der Waals surface area (Å²) >= 11 is 0. The van der Waals surface area contributed by atoms with E-state index in [-0.39, 0.29) is 17.6 Å². The van der Waals surface area contributed by atoms with Crippen molar-refractivity contribution in [2.45, 2.75) is 31.1 Å². The Kier molecular flexibility index (Phi) is 4.57. The molecule has 1 aliphatic rings. The van der Waals surface area contributed by atoms with E-state index in [4.69, 9.17) is 5.73 Å². The summed E-state index contributed by atoms with van der Waals surface area (Å²) in [5, 5.41) is 1.14. The maximum atomic E-state index is 14.4. The van der Waals surface area contributed by atoms with E-state index in [0.717, 1.165) is 54.3 Å². The monoisotopic (exact) mass is 383 g/mol. The van der Waals surface area contributed by atoms with Gasteiger partial charge in [-0.3, -0.25) is 4.90 Å². The van der Waals surface area contributed by atoms with Gasteiger partial charge in [-0.15, -0.1) is 0 Å². The van der Waals surface area contributed by atoms with Crippen molar-refractivity contribution in [2.75, 3.05) is 11.4 Å². The predicted molar refractivity (Wildman–Crippen MR) is 106 cm³/mol. The Bertz CT molecular complexity index is 1040. The lowest BCUT2D eigenvalue weighted by molar-refractivity contribution is 0.251. The summed E-state index contributed by atoms with van der Waals surface area (Å²) in [7, 11) is 2.00. The molecular weight excluding hydrogens is 360 g/mol. The molecule has 1 aliphatic carbocycles. The molecule has 6 heteroatoms. The van der Waals surface area contributed by atoms with Gasteiger partial charge in [0.25, 0.3) is 0 Å². The number of carbonyl (C=O) groups excluding carboxylic acids is 1. The van der Waals surface area contributed by atoms with Gasteiger partial charge in [0, 0.05) is 42.2 Å². The topological polar surface area (TPSA) is 51.3 Å². The van der Waals surface area contributed by atoms with E-state index in [9.17, 15) is 13.6 Å². The number of anilines is 1. The van der Waals surface area contributed by atoms with Crippen molar-refractivity contribution in [3.8, 4) is 0 Å². The second-order valence-electron chi connectivity index (χ2n) is 7.68. The lowest BCUT2D eigenvalue weighted by Crippen LogP contribution is -2.45. The van der Waals surface area contributed by atoms with Crippen LogP contribution in [0, 0.1) is 11.6 Å². The minimum atomic E-state index is -0.787. The van der Waals surface area contributed by atoms with Crippen LogP contribution in [0.3, 0.4) is 0 Å². The summed E-state index contributed by atoms with van der Waals surface area (Å²) in [6.07, 6.45) is 5.93. The molecular formula is C22H23F2N3O. The number of primary amides is 1. The average Bonchev–Trinajstić information content (AvgIpc) is 3.26. The zero-order chi connectivity index (χ0) is 19.9. The number of urea groups is 1. The highest BCUT2D eigenvalue weighted by Gasteiger charge is 2.40. The Balaban J connectivity index is 1.81. The van der Waals surface area contributed by atoms with E-state index >= 15 is 0 Å². The first-order chi connectivity index (χ1) is 13.4. The molecule has 146 valence electrons. The van der Waals surface area contributed by atoms with E-state index in [1.807, 2.05) is 19.2 Å². The Labute approximate surface area is 162 Å². The fraction of sp³-hybridized carbons (Fsp3) is 0.318. The zero-order valence-electron chi connectivity index (χ0n) is 15.8. The van der Waals surface area contributed by atoms with Crippen LogP contribution in [0.5, 0.6) is 0 Å². The fourth-order valence-electron chi connectivity index (χ4n) is 4.61. The van der Waals surface area contributed by atoms with Crippen LogP contribution in [0.15, 0.2) is 48.7 Å². The van der Waals surface area contributed by atoms with Crippen LogP contribution >= 0.6 is 0 Å². The lowest BCUT2D eigenvalue weighted by atomic mass is 9.78. The van der Waals surface area contributed by atoms with Crippen molar-refractivity contribution in [3.63, 3.8) is 0 Å². The first kappa shape index (κ1) is 18.5. The normalized spacial score (nSPS) is 15.8. The number of hydrogen-bond acceptors (Lipinski definition) is 1. The molecule has 4 nitrogen and oxygen atoms in total. The van der Waals surface area contributed by atoms with Gasteiger partial charge in [-0.05, 0) is 36.6 Å². The second kappa shape index (κ2) is 6.93. The van der Waals surface area contributed by atoms with Crippen LogP contribution in [0.25, 0.3) is 10.9 Å². The summed E-state index contributed by atoms with van der Waals surface area (Å²) in [4.78, 5) is 13.5. The van der Waals surface area contributed by atoms with Gasteiger partial charge in [0.05, 0.1) is 5.69 Å². The van der Waals surface area contributed by atoms with Gasteiger partial charge >= 0.3 is 6.03 Å². The van der Waals surface area contributed by atoms with Crippen LogP contribution < -0.4 is 10.6 Å². The standard InChI is InChI=1S/C22H23F2N3O/c1-26-13-17(16-6-2-3-7-19(16)26)22(10-4-5-11-22)14-27(21(25)28)20-9-8-15(23)12-18(20)24/h2-3,6-9,12-13H,4-5,10-11,14H2,1H3,(H2,25,28). The molecule has 0 saturated heterocycles. The third-order valence-corrected chi connectivity index (χ3v) is 5.96. The third kappa shape index (κ3) is 3.03. The Morgan fingerprint density at radius 1 is 1.18 bits per heavy atom. The van der Waals surface area contributed by atoms with Crippen molar-refractivity contribution in [1.82, 2.24) is 4.57 Å². The molecule has 1 saturated carbocycles.